The smallest absolute Gasteiger partial charge is 0.255 e. The molecule has 0 spiro atoms. The van der Waals surface area contributed by atoms with Gasteiger partial charge in [-0.25, -0.2) is 4.68 Å². The molecule has 0 aliphatic carbocycles. The van der Waals surface area contributed by atoms with Crippen molar-refractivity contribution in [3.8, 4) is 11.5 Å². The number of aromatic nitrogens is 3. The second kappa shape index (κ2) is 9.74. The van der Waals surface area contributed by atoms with Gasteiger partial charge in [-0.2, -0.15) is 10.1 Å². The molecule has 9 nitrogen and oxygen atoms in total. The van der Waals surface area contributed by atoms with Gasteiger partial charge in [0, 0.05) is 18.7 Å². The number of amides is 1. The highest BCUT2D eigenvalue weighted by Crippen LogP contribution is 2.37. The van der Waals surface area contributed by atoms with Crippen molar-refractivity contribution >= 4 is 17.5 Å². The van der Waals surface area contributed by atoms with Gasteiger partial charge in [-0.05, 0) is 43.2 Å². The molecule has 2 aromatic carbocycles. The van der Waals surface area contributed by atoms with Gasteiger partial charge in [-0.3, -0.25) is 4.79 Å². The number of carbonyl (C=O) groups is 1. The first-order chi connectivity index (χ1) is 16.0. The molecular weight excluding hydrogens is 422 g/mol. The molecule has 0 radical (unpaired) electrons. The van der Waals surface area contributed by atoms with E-state index >= 15 is 0 Å². The maximum Gasteiger partial charge on any atom is 0.255 e. The number of ether oxygens (including phenoxy) is 2. The minimum absolute atomic E-state index is 0.0560. The van der Waals surface area contributed by atoms with E-state index in [1.807, 2.05) is 43.3 Å². The zero-order chi connectivity index (χ0) is 23.4. The fraction of sp³-hybridized carbons (Fsp3) is 0.292. The van der Waals surface area contributed by atoms with Crippen LogP contribution in [0.4, 0.5) is 11.6 Å². The van der Waals surface area contributed by atoms with Gasteiger partial charge >= 0.3 is 0 Å². The molecule has 0 unspecified atom stereocenters. The quantitative estimate of drug-likeness (QED) is 0.484. The SMILES string of the molecule is COc1cccc([C@@H]2C(C(=O)Nc3ccccc3OC)=C(C)Nc3nc(CCCO)nn32)c1. The molecule has 1 aromatic heterocycles. The van der Waals surface area contributed by atoms with Crippen LogP contribution in [0, 0.1) is 0 Å². The summed E-state index contributed by atoms with van der Waals surface area (Å²) < 4.78 is 12.5. The number of anilines is 2. The molecule has 1 atom stereocenters. The van der Waals surface area contributed by atoms with Crippen LogP contribution in [-0.2, 0) is 11.2 Å². The van der Waals surface area contributed by atoms with Gasteiger partial charge in [0.25, 0.3) is 5.91 Å². The van der Waals surface area contributed by atoms with E-state index in [0.717, 1.165) is 5.56 Å². The Morgan fingerprint density at radius 1 is 1.18 bits per heavy atom. The summed E-state index contributed by atoms with van der Waals surface area (Å²) in [4.78, 5) is 18.2. The van der Waals surface area contributed by atoms with Crippen molar-refractivity contribution in [3.05, 3.63) is 71.2 Å². The molecule has 0 fully saturated rings. The monoisotopic (exact) mass is 449 g/mol. The standard InChI is InChI=1S/C24H27N5O4/c1-15-21(23(31)26-18-10-4-5-11-19(18)33-3)22(16-8-6-9-17(14-16)32-2)29-24(25-15)27-20(28-29)12-7-13-30/h4-6,8-11,14,22,30H,7,12-13H2,1-3H3,(H,26,31)(H,25,27,28)/t22-/m1/s1. The maximum absolute atomic E-state index is 13.6. The Balaban J connectivity index is 1.78. The molecule has 2 heterocycles. The molecule has 3 N–H and O–H groups in total. The number of nitrogens with one attached hydrogen (secondary N) is 2. The van der Waals surface area contributed by atoms with Crippen LogP contribution in [0.3, 0.4) is 0 Å². The fourth-order valence-electron chi connectivity index (χ4n) is 3.89. The molecular formula is C24H27N5O4. The van der Waals surface area contributed by atoms with Crippen LogP contribution in [0.2, 0.25) is 0 Å². The van der Waals surface area contributed by atoms with E-state index in [9.17, 15) is 9.90 Å². The van der Waals surface area contributed by atoms with Crippen molar-refractivity contribution < 1.29 is 19.4 Å². The third kappa shape index (κ3) is 4.54. The number of rotatable bonds is 8. The third-order valence-electron chi connectivity index (χ3n) is 5.46. The Morgan fingerprint density at radius 2 is 2.00 bits per heavy atom. The predicted molar refractivity (Wildman–Crippen MR) is 125 cm³/mol. The lowest BCUT2D eigenvalue weighted by atomic mass is 9.95. The number of hydrogen-bond donors (Lipinski definition) is 3. The second-order valence-corrected chi connectivity index (χ2v) is 7.62. The molecule has 0 bridgehead atoms. The Labute approximate surface area is 192 Å². The van der Waals surface area contributed by atoms with Crippen LogP contribution >= 0.6 is 0 Å². The average Bonchev–Trinajstić information content (AvgIpc) is 3.24. The number of methoxy groups -OCH3 is 2. The van der Waals surface area contributed by atoms with E-state index in [1.54, 1.807) is 31.0 Å². The fourth-order valence-corrected chi connectivity index (χ4v) is 3.89. The summed E-state index contributed by atoms with van der Waals surface area (Å²) in [5.41, 5.74) is 2.58. The van der Waals surface area contributed by atoms with E-state index in [1.165, 1.54) is 0 Å². The Kier molecular flexibility index (Phi) is 6.60. The number of hydrogen-bond acceptors (Lipinski definition) is 7. The topological polar surface area (TPSA) is 111 Å². The van der Waals surface area contributed by atoms with E-state index in [2.05, 4.69) is 20.7 Å². The summed E-state index contributed by atoms with van der Waals surface area (Å²) >= 11 is 0. The number of para-hydroxylation sites is 2. The molecule has 0 saturated carbocycles. The van der Waals surface area contributed by atoms with Crippen LogP contribution in [0.25, 0.3) is 0 Å². The molecule has 9 heteroatoms. The number of aliphatic hydroxyl groups excluding tert-OH is 1. The number of aliphatic hydroxyl groups is 1. The molecule has 1 amide bonds. The van der Waals surface area contributed by atoms with Crippen molar-refractivity contribution in [3.63, 3.8) is 0 Å². The van der Waals surface area contributed by atoms with Gasteiger partial charge in [-0.15, -0.1) is 0 Å². The summed E-state index contributed by atoms with van der Waals surface area (Å²) in [7, 11) is 3.16. The summed E-state index contributed by atoms with van der Waals surface area (Å²) in [5, 5.41) is 20.0. The molecule has 4 rings (SSSR count). The highest BCUT2D eigenvalue weighted by Gasteiger charge is 2.34. The zero-order valence-corrected chi connectivity index (χ0v) is 18.8. The van der Waals surface area contributed by atoms with Crippen LogP contribution in [0.1, 0.15) is 30.8 Å². The molecule has 1 aliphatic heterocycles. The van der Waals surface area contributed by atoms with Crippen LogP contribution in [-0.4, -0.2) is 46.6 Å². The van der Waals surface area contributed by atoms with Gasteiger partial charge in [0.15, 0.2) is 5.82 Å². The minimum atomic E-state index is -0.526. The summed E-state index contributed by atoms with van der Waals surface area (Å²) in [6.07, 6.45) is 1.09. The lowest BCUT2D eigenvalue weighted by Crippen LogP contribution is -2.31. The number of carbonyl (C=O) groups excluding carboxylic acids is 1. The summed E-state index contributed by atoms with van der Waals surface area (Å²) in [6.45, 7) is 1.90. The number of aryl methyl sites for hydroxylation is 1. The number of benzene rings is 2. The first-order valence-electron chi connectivity index (χ1n) is 10.7. The Hall–Kier alpha value is -3.85. The summed E-state index contributed by atoms with van der Waals surface area (Å²) in [6, 6.07) is 14.3. The van der Waals surface area contributed by atoms with Crippen molar-refractivity contribution in [1.29, 1.82) is 0 Å². The van der Waals surface area contributed by atoms with E-state index in [4.69, 9.17) is 9.47 Å². The Morgan fingerprint density at radius 3 is 2.76 bits per heavy atom. The molecule has 33 heavy (non-hydrogen) atoms. The summed E-state index contributed by atoms with van der Waals surface area (Å²) in [5.74, 6) is 2.10. The highest BCUT2D eigenvalue weighted by atomic mass is 16.5. The second-order valence-electron chi connectivity index (χ2n) is 7.62. The van der Waals surface area contributed by atoms with Crippen molar-refractivity contribution in [2.75, 3.05) is 31.5 Å². The maximum atomic E-state index is 13.6. The van der Waals surface area contributed by atoms with Crippen molar-refractivity contribution in [2.45, 2.75) is 25.8 Å². The van der Waals surface area contributed by atoms with Crippen molar-refractivity contribution in [2.24, 2.45) is 0 Å². The molecule has 172 valence electrons. The van der Waals surface area contributed by atoms with E-state index < -0.39 is 6.04 Å². The zero-order valence-electron chi connectivity index (χ0n) is 18.8. The first-order valence-corrected chi connectivity index (χ1v) is 10.7. The van der Waals surface area contributed by atoms with Crippen molar-refractivity contribution in [1.82, 2.24) is 14.8 Å². The van der Waals surface area contributed by atoms with E-state index in [0.29, 0.717) is 53.1 Å². The van der Waals surface area contributed by atoms with Gasteiger partial charge < -0.3 is 25.2 Å². The van der Waals surface area contributed by atoms with Gasteiger partial charge in [0.1, 0.15) is 17.5 Å². The number of fused-ring (bicyclic) bond motifs is 1. The normalized spacial score (nSPS) is 15.0. The molecule has 1 aliphatic rings. The van der Waals surface area contributed by atoms with Gasteiger partial charge in [-0.1, -0.05) is 24.3 Å². The minimum Gasteiger partial charge on any atom is -0.497 e. The lowest BCUT2D eigenvalue weighted by Gasteiger charge is -2.29. The van der Waals surface area contributed by atoms with Crippen LogP contribution in [0.5, 0.6) is 11.5 Å². The molecule has 3 aromatic rings. The number of allylic oxidation sites excluding steroid dienone is 1. The first kappa shape index (κ1) is 22.3. The van der Waals surface area contributed by atoms with Gasteiger partial charge in [0.2, 0.25) is 5.95 Å². The van der Waals surface area contributed by atoms with Crippen LogP contribution in [0.15, 0.2) is 59.8 Å². The van der Waals surface area contributed by atoms with Gasteiger partial charge in [0.05, 0.1) is 25.5 Å². The van der Waals surface area contributed by atoms with Crippen LogP contribution < -0.4 is 20.1 Å². The lowest BCUT2D eigenvalue weighted by molar-refractivity contribution is -0.113. The number of nitrogens with zero attached hydrogens (tertiary/aromatic N) is 3. The van der Waals surface area contributed by atoms with E-state index in [-0.39, 0.29) is 12.5 Å². The highest BCUT2D eigenvalue weighted by molar-refractivity contribution is 6.06. The average molecular weight is 450 g/mol. The predicted octanol–water partition coefficient (Wildman–Crippen LogP) is 3.15. The molecule has 0 saturated heterocycles. The Bertz CT molecular complexity index is 1190. The third-order valence-corrected chi connectivity index (χ3v) is 5.46. The largest absolute Gasteiger partial charge is 0.497 e.